The fourth-order valence-electron chi connectivity index (χ4n) is 4.64. The van der Waals surface area contributed by atoms with Crippen LogP contribution in [0, 0.1) is 11.3 Å². The summed E-state index contributed by atoms with van der Waals surface area (Å²) in [6.07, 6.45) is 2.23. The number of carbonyl (C=O) groups excluding carboxylic acids is 2. The van der Waals surface area contributed by atoms with Gasteiger partial charge in [-0.2, -0.15) is 0 Å². The molecule has 2 fully saturated rings. The summed E-state index contributed by atoms with van der Waals surface area (Å²) in [6, 6.07) is 5.55. The summed E-state index contributed by atoms with van der Waals surface area (Å²) in [5.41, 5.74) is 6.48. The van der Waals surface area contributed by atoms with E-state index in [1.54, 1.807) is 4.90 Å². The van der Waals surface area contributed by atoms with Gasteiger partial charge in [-0.1, -0.05) is 50.0 Å². The second-order valence-electron chi connectivity index (χ2n) is 9.93. The number of likely N-dealkylation sites (tertiary alicyclic amines) is 1. The molecule has 2 N–H and O–H groups in total. The Kier molecular flexibility index (Phi) is 7.76. The first-order valence-electron chi connectivity index (χ1n) is 11.0. The molecule has 0 saturated carbocycles. The standard InChI is InChI=1S/C23H34Cl2N4O2/c1-23(2,3)20-15-27(14-17-4-5-18(24)19(25)12-17)10-11-29(20)21(30)13-16-6-8-28(9-7-16)22(26)31/h4-5,12,16,20H,6-11,13-15H2,1-3H3,(H2,26,31). The summed E-state index contributed by atoms with van der Waals surface area (Å²) in [4.78, 5) is 30.7. The van der Waals surface area contributed by atoms with Crippen LogP contribution in [0.25, 0.3) is 0 Å². The number of piperidine rings is 1. The van der Waals surface area contributed by atoms with Gasteiger partial charge in [-0.25, -0.2) is 4.79 Å². The van der Waals surface area contributed by atoms with Crippen LogP contribution in [-0.2, 0) is 11.3 Å². The highest BCUT2D eigenvalue weighted by Crippen LogP contribution is 2.31. The van der Waals surface area contributed by atoms with E-state index >= 15 is 0 Å². The number of carbonyl (C=O) groups is 2. The van der Waals surface area contributed by atoms with Crippen molar-refractivity contribution in [2.75, 3.05) is 32.7 Å². The normalized spacial score (nSPS) is 21.4. The SMILES string of the molecule is CC(C)(C)C1CN(Cc2ccc(Cl)c(Cl)c2)CCN1C(=O)CC1CCN(C(N)=O)CC1. The number of benzene rings is 1. The van der Waals surface area contributed by atoms with Crippen molar-refractivity contribution in [1.82, 2.24) is 14.7 Å². The summed E-state index contributed by atoms with van der Waals surface area (Å²) in [6.45, 7) is 11.1. The van der Waals surface area contributed by atoms with Crippen LogP contribution in [-0.4, -0.2) is 65.4 Å². The molecule has 2 aliphatic heterocycles. The third-order valence-electron chi connectivity index (χ3n) is 6.56. The van der Waals surface area contributed by atoms with E-state index in [1.807, 2.05) is 18.2 Å². The lowest BCUT2D eigenvalue weighted by Gasteiger charge is -2.48. The molecule has 2 aliphatic rings. The minimum absolute atomic E-state index is 0.0265. The van der Waals surface area contributed by atoms with Crippen molar-refractivity contribution in [2.45, 2.75) is 52.6 Å². The molecule has 2 heterocycles. The lowest BCUT2D eigenvalue weighted by Crippen LogP contribution is -2.59. The second-order valence-corrected chi connectivity index (χ2v) is 10.7. The van der Waals surface area contributed by atoms with Crippen molar-refractivity contribution < 1.29 is 9.59 Å². The summed E-state index contributed by atoms with van der Waals surface area (Å²) in [5, 5.41) is 1.14. The van der Waals surface area contributed by atoms with Gasteiger partial charge in [0.05, 0.1) is 10.0 Å². The molecule has 1 unspecified atom stereocenters. The molecule has 172 valence electrons. The van der Waals surface area contributed by atoms with Gasteiger partial charge in [0.2, 0.25) is 5.91 Å². The minimum Gasteiger partial charge on any atom is -0.351 e. The van der Waals surface area contributed by atoms with E-state index in [2.05, 4.69) is 30.6 Å². The molecule has 1 aromatic carbocycles. The van der Waals surface area contributed by atoms with Gasteiger partial charge in [0.1, 0.15) is 0 Å². The van der Waals surface area contributed by atoms with Crippen LogP contribution < -0.4 is 5.73 Å². The number of nitrogens with zero attached hydrogens (tertiary/aromatic N) is 3. The average Bonchev–Trinajstić information content (AvgIpc) is 2.70. The fourth-order valence-corrected chi connectivity index (χ4v) is 4.96. The molecule has 8 heteroatoms. The molecule has 0 radical (unpaired) electrons. The third kappa shape index (κ3) is 6.27. The molecular formula is C23H34Cl2N4O2. The molecular weight excluding hydrogens is 435 g/mol. The van der Waals surface area contributed by atoms with Gasteiger partial charge in [-0.15, -0.1) is 0 Å². The van der Waals surface area contributed by atoms with Crippen molar-refractivity contribution in [3.8, 4) is 0 Å². The number of nitrogens with two attached hydrogens (primary N) is 1. The largest absolute Gasteiger partial charge is 0.351 e. The lowest BCUT2D eigenvalue weighted by molar-refractivity contribution is -0.141. The first kappa shape index (κ1) is 24.1. The molecule has 31 heavy (non-hydrogen) atoms. The molecule has 2 saturated heterocycles. The lowest BCUT2D eigenvalue weighted by atomic mass is 9.83. The molecule has 0 aliphatic carbocycles. The predicted octanol–water partition coefficient (Wildman–Crippen LogP) is 4.23. The van der Waals surface area contributed by atoms with Gasteiger partial charge in [0.25, 0.3) is 0 Å². The predicted molar refractivity (Wildman–Crippen MR) is 125 cm³/mol. The van der Waals surface area contributed by atoms with Crippen LogP contribution in [0.5, 0.6) is 0 Å². The first-order valence-corrected chi connectivity index (χ1v) is 11.8. The number of rotatable bonds is 4. The summed E-state index contributed by atoms with van der Waals surface area (Å²) in [7, 11) is 0. The van der Waals surface area contributed by atoms with Gasteiger partial charge < -0.3 is 15.5 Å². The van der Waals surface area contributed by atoms with Crippen LogP contribution in [0.2, 0.25) is 10.0 Å². The van der Waals surface area contributed by atoms with Gasteiger partial charge in [-0.3, -0.25) is 9.69 Å². The topological polar surface area (TPSA) is 69.9 Å². The summed E-state index contributed by atoms with van der Waals surface area (Å²) < 4.78 is 0. The van der Waals surface area contributed by atoms with Crippen LogP contribution in [0.15, 0.2) is 18.2 Å². The number of hydrogen-bond donors (Lipinski definition) is 1. The Bertz CT molecular complexity index is 803. The van der Waals surface area contributed by atoms with Gasteiger partial charge >= 0.3 is 6.03 Å². The zero-order chi connectivity index (χ0) is 22.8. The van der Waals surface area contributed by atoms with Crippen molar-refractivity contribution in [3.05, 3.63) is 33.8 Å². The van der Waals surface area contributed by atoms with E-state index in [9.17, 15) is 9.59 Å². The van der Waals surface area contributed by atoms with E-state index in [0.29, 0.717) is 35.5 Å². The third-order valence-corrected chi connectivity index (χ3v) is 7.30. The zero-order valence-electron chi connectivity index (χ0n) is 18.7. The van der Waals surface area contributed by atoms with Gasteiger partial charge in [0.15, 0.2) is 0 Å². The Morgan fingerprint density at radius 1 is 1.06 bits per heavy atom. The van der Waals surface area contributed by atoms with Crippen molar-refractivity contribution in [2.24, 2.45) is 17.1 Å². The molecule has 0 bridgehead atoms. The number of hydrogen-bond acceptors (Lipinski definition) is 3. The molecule has 6 nitrogen and oxygen atoms in total. The van der Waals surface area contributed by atoms with Crippen molar-refractivity contribution in [3.63, 3.8) is 0 Å². The van der Waals surface area contributed by atoms with Gasteiger partial charge in [-0.05, 0) is 41.9 Å². The molecule has 1 atom stereocenters. The zero-order valence-corrected chi connectivity index (χ0v) is 20.3. The van der Waals surface area contributed by atoms with Crippen LogP contribution >= 0.6 is 23.2 Å². The number of primary amides is 1. The van der Waals surface area contributed by atoms with E-state index in [4.69, 9.17) is 28.9 Å². The highest BCUT2D eigenvalue weighted by Gasteiger charge is 2.38. The molecule has 3 amide bonds. The maximum atomic E-state index is 13.3. The van der Waals surface area contributed by atoms with Crippen LogP contribution in [0.3, 0.4) is 0 Å². The van der Waals surface area contributed by atoms with E-state index in [-0.39, 0.29) is 23.4 Å². The average molecular weight is 469 g/mol. The Morgan fingerprint density at radius 3 is 2.32 bits per heavy atom. The maximum Gasteiger partial charge on any atom is 0.314 e. The van der Waals surface area contributed by atoms with E-state index in [0.717, 1.165) is 44.6 Å². The first-order chi connectivity index (χ1) is 14.5. The van der Waals surface area contributed by atoms with Crippen LogP contribution in [0.4, 0.5) is 4.79 Å². The molecule has 0 spiro atoms. The molecule has 3 rings (SSSR count). The molecule has 0 aromatic heterocycles. The van der Waals surface area contributed by atoms with E-state index < -0.39 is 0 Å². The quantitative estimate of drug-likeness (QED) is 0.718. The number of piperazine rings is 1. The van der Waals surface area contributed by atoms with Gasteiger partial charge in [0, 0.05) is 51.7 Å². The Hall–Kier alpha value is -1.50. The summed E-state index contributed by atoms with van der Waals surface area (Å²) in [5.74, 6) is 0.546. The van der Waals surface area contributed by atoms with E-state index in [1.165, 1.54) is 0 Å². The Balaban J connectivity index is 1.61. The van der Waals surface area contributed by atoms with Crippen molar-refractivity contribution >= 4 is 35.1 Å². The van der Waals surface area contributed by atoms with Crippen molar-refractivity contribution in [1.29, 1.82) is 0 Å². The Morgan fingerprint density at radius 2 is 1.74 bits per heavy atom. The number of urea groups is 1. The highest BCUT2D eigenvalue weighted by atomic mass is 35.5. The monoisotopic (exact) mass is 468 g/mol. The maximum absolute atomic E-state index is 13.3. The molecule has 1 aromatic rings. The smallest absolute Gasteiger partial charge is 0.314 e. The number of halogens is 2. The second kappa shape index (κ2) is 9.97. The highest BCUT2D eigenvalue weighted by molar-refractivity contribution is 6.42. The Labute approximate surface area is 195 Å². The fraction of sp³-hybridized carbons (Fsp3) is 0.652. The minimum atomic E-state index is -0.365. The summed E-state index contributed by atoms with van der Waals surface area (Å²) >= 11 is 12.2. The van der Waals surface area contributed by atoms with Crippen LogP contribution in [0.1, 0.15) is 45.6 Å². The number of amides is 3.